The van der Waals surface area contributed by atoms with Gasteiger partial charge in [0, 0.05) is 25.9 Å². The van der Waals surface area contributed by atoms with E-state index >= 15 is 0 Å². The molecule has 5 rings (SSSR count). The van der Waals surface area contributed by atoms with Crippen LogP contribution in [0.1, 0.15) is 108 Å². The van der Waals surface area contributed by atoms with Gasteiger partial charge in [0.05, 0.1) is 0 Å². The van der Waals surface area contributed by atoms with E-state index in [0.29, 0.717) is 11.3 Å². The van der Waals surface area contributed by atoms with Crippen molar-refractivity contribution in [2.75, 3.05) is 6.54 Å². The molecule has 0 amide bonds. The third-order valence-corrected chi connectivity index (χ3v) is 15.4. The molecule has 2 atom stereocenters. The van der Waals surface area contributed by atoms with Crippen LogP contribution in [0.2, 0.25) is 0 Å². The van der Waals surface area contributed by atoms with Gasteiger partial charge in [0.1, 0.15) is 0 Å². The number of hydrogen-bond acceptors (Lipinski definition) is 1. The van der Waals surface area contributed by atoms with Gasteiger partial charge in [-0.25, -0.2) is 0 Å². The molecule has 1 aliphatic rings. The largest absolute Gasteiger partial charge is 0.251 e. The Morgan fingerprint density at radius 2 is 1.00 bits per heavy atom. The average molecular weight is 608 g/mol. The fourth-order valence-corrected chi connectivity index (χ4v) is 13.8. The maximum Gasteiger partial charge on any atom is 0.0318 e. The van der Waals surface area contributed by atoms with E-state index in [4.69, 9.17) is 0 Å². The second-order valence-electron chi connectivity index (χ2n) is 14.2. The van der Waals surface area contributed by atoms with Gasteiger partial charge in [0.15, 0.2) is 0 Å². The predicted octanol–water partition coefficient (Wildman–Crippen LogP) is 11.4. The Morgan fingerprint density at radius 1 is 0.605 bits per heavy atom. The van der Waals surface area contributed by atoms with Gasteiger partial charge in [-0.15, -0.1) is 0 Å². The highest BCUT2D eigenvalue weighted by molar-refractivity contribution is 7.79. The van der Waals surface area contributed by atoms with Gasteiger partial charge in [-0.05, 0) is 71.0 Å². The Labute approximate surface area is 264 Å². The van der Waals surface area contributed by atoms with E-state index < -0.39 is 16.1 Å². The molecule has 1 heterocycles. The normalized spacial score (nSPS) is 18.1. The topological polar surface area (TPSA) is 3.24 Å². The highest BCUT2D eigenvalue weighted by Gasteiger charge is 2.44. The maximum absolute atomic E-state index is 3.04. The summed E-state index contributed by atoms with van der Waals surface area (Å²) in [6.45, 7) is 17.4. The first-order valence-electron chi connectivity index (χ1n) is 16.2. The van der Waals surface area contributed by atoms with E-state index in [0.717, 1.165) is 6.54 Å². The van der Waals surface area contributed by atoms with Gasteiger partial charge in [-0.1, -0.05) is 164 Å². The third-order valence-electron chi connectivity index (χ3n) is 8.89. The summed E-state index contributed by atoms with van der Waals surface area (Å²) in [5, 5.41) is 2.94. The van der Waals surface area contributed by atoms with Gasteiger partial charge in [-0.2, -0.15) is 0 Å². The molecule has 3 heteroatoms. The molecule has 0 N–H and O–H groups in total. The van der Waals surface area contributed by atoms with Gasteiger partial charge in [-0.3, -0.25) is 4.44 Å². The summed E-state index contributed by atoms with van der Waals surface area (Å²) >= 11 is 0. The van der Waals surface area contributed by atoms with Crippen LogP contribution in [0.3, 0.4) is 0 Å². The highest BCUT2D eigenvalue weighted by Crippen LogP contribution is 2.76. The zero-order valence-electron chi connectivity index (χ0n) is 27.4. The number of nitrogens with zero attached hydrogens (tertiary/aromatic N) is 1. The molecule has 1 nitrogen and oxygen atoms in total. The lowest BCUT2D eigenvalue weighted by molar-refractivity contribution is 0.589. The smallest absolute Gasteiger partial charge is 0.0318 e. The predicted molar refractivity (Wildman–Crippen MR) is 193 cm³/mol. The van der Waals surface area contributed by atoms with Crippen LogP contribution in [-0.2, 0) is 10.8 Å². The number of hydrogen-bond donors (Lipinski definition) is 0. The minimum absolute atomic E-state index is 0.165. The quantitative estimate of drug-likeness (QED) is 0.171. The summed E-state index contributed by atoms with van der Waals surface area (Å²) in [5.74, 6) is 0. The first kappa shape index (κ1) is 32.1. The van der Waals surface area contributed by atoms with Crippen LogP contribution in [0.5, 0.6) is 0 Å². The van der Waals surface area contributed by atoms with Crippen LogP contribution in [-0.4, -0.2) is 11.0 Å². The molecule has 0 bridgehead atoms. The molecule has 0 aliphatic carbocycles. The van der Waals surface area contributed by atoms with Crippen molar-refractivity contribution in [1.29, 1.82) is 0 Å². The average Bonchev–Trinajstić information content (AvgIpc) is 3.44. The van der Waals surface area contributed by atoms with E-state index in [2.05, 4.69) is 162 Å². The molecule has 4 aromatic rings. The van der Waals surface area contributed by atoms with Crippen molar-refractivity contribution in [3.8, 4) is 0 Å². The van der Waals surface area contributed by atoms with Gasteiger partial charge in [0.2, 0.25) is 0 Å². The van der Waals surface area contributed by atoms with Crippen molar-refractivity contribution in [3.05, 3.63) is 131 Å². The van der Waals surface area contributed by atoms with Crippen molar-refractivity contribution in [2.45, 2.75) is 96.3 Å². The molecular weight excluding hydrogens is 556 g/mol. The molecule has 226 valence electrons. The number of rotatable bonds is 9. The van der Waals surface area contributed by atoms with Crippen molar-refractivity contribution in [3.63, 3.8) is 0 Å². The first-order chi connectivity index (χ1) is 20.6. The molecule has 0 spiro atoms. The number of benzene rings is 4. The molecule has 0 radical (unpaired) electrons. The van der Waals surface area contributed by atoms with E-state index in [1.807, 2.05) is 0 Å². The molecule has 4 aromatic carbocycles. The summed E-state index contributed by atoms with van der Waals surface area (Å²) in [4.78, 5) is 0. The second-order valence-corrected chi connectivity index (χ2v) is 19.1. The Balaban J connectivity index is 1.65. The van der Waals surface area contributed by atoms with E-state index in [9.17, 15) is 0 Å². The van der Waals surface area contributed by atoms with Crippen molar-refractivity contribution < 1.29 is 0 Å². The first-order valence-corrected chi connectivity index (χ1v) is 19.0. The second kappa shape index (κ2) is 13.8. The Bertz CT molecular complexity index is 1310. The molecule has 1 saturated heterocycles. The molecule has 1 aliphatic heterocycles. The Kier molecular flexibility index (Phi) is 10.3. The van der Waals surface area contributed by atoms with E-state index in [1.54, 1.807) is 0 Å². The Hall–Kier alpha value is -2.30. The summed E-state index contributed by atoms with van der Waals surface area (Å²) < 4.78 is 3.04. The molecule has 43 heavy (non-hydrogen) atoms. The SMILES string of the molecule is CCCCN(P(c1ccccc1)c1ccccc1)P1[C@H](c2ccc(C(C)(C)C)cc2)CC[C@H]1c1ccc(C(C)(C)C)cc1. The van der Waals surface area contributed by atoms with Crippen LogP contribution in [0.15, 0.2) is 109 Å². The van der Waals surface area contributed by atoms with Crippen molar-refractivity contribution in [1.82, 2.24) is 4.44 Å². The lowest BCUT2D eigenvalue weighted by Crippen LogP contribution is -2.27. The summed E-state index contributed by atoms with van der Waals surface area (Å²) in [7, 11) is -1.16. The standard InChI is InChI=1S/C40H51NP2/c1-8-9-30-41(42(35-16-12-10-13-17-35)36-18-14-11-15-19-36)43-37(31-20-24-33(25-21-31)39(2,3)4)28-29-38(43)32-22-26-34(27-23-32)40(5,6)7/h10-27,37-38H,8-9,28-30H2,1-7H3/t37-,38-/m0/s1. The van der Waals surface area contributed by atoms with Crippen LogP contribution in [0.4, 0.5) is 0 Å². The minimum Gasteiger partial charge on any atom is -0.251 e. The monoisotopic (exact) mass is 607 g/mol. The Morgan fingerprint density at radius 3 is 1.35 bits per heavy atom. The van der Waals surface area contributed by atoms with Crippen LogP contribution in [0, 0.1) is 0 Å². The molecular formula is C40H51NP2. The summed E-state index contributed by atoms with van der Waals surface area (Å²) in [5.41, 5.74) is 7.36. The van der Waals surface area contributed by atoms with Crippen LogP contribution in [0.25, 0.3) is 0 Å². The lowest BCUT2D eigenvalue weighted by Gasteiger charge is -2.42. The van der Waals surface area contributed by atoms with E-state index in [-0.39, 0.29) is 10.8 Å². The zero-order chi connectivity index (χ0) is 30.6. The van der Waals surface area contributed by atoms with Crippen LogP contribution < -0.4 is 10.6 Å². The highest BCUT2D eigenvalue weighted by atomic mass is 31.2. The minimum atomic E-state index is -0.658. The van der Waals surface area contributed by atoms with Gasteiger partial charge < -0.3 is 0 Å². The molecule has 1 fully saturated rings. The van der Waals surface area contributed by atoms with Crippen molar-refractivity contribution in [2.24, 2.45) is 0 Å². The molecule has 0 saturated carbocycles. The van der Waals surface area contributed by atoms with Crippen LogP contribution >= 0.6 is 16.1 Å². The molecule has 0 aromatic heterocycles. The van der Waals surface area contributed by atoms with Gasteiger partial charge in [0.25, 0.3) is 0 Å². The molecule has 0 unspecified atom stereocenters. The van der Waals surface area contributed by atoms with Crippen molar-refractivity contribution >= 4 is 26.8 Å². The fraction of sp³-hybridized carbons (Fsp3) is 0.400. The third kappa shape index (κ3) is 7.51. The fourth-order valence-electron chi connectivity index (χ4n) is 6.34. The lowest BCUT2D eigenvalue weighted by atomic mass is 9.86. The summed E-state index contributed by atoms with van der Waals surface area (Å²) in [6.07, 6.45) is 4.94. The zero-order valence-corrected chi connectivity index (χ0v) is 29.2. The van der Waals surface area contributed by atoms with Gasteiger partial charge >= 0.3 is 0 Å². The maximum atomic E-state index is 3.04. The van der Waals surface area contributed by atoms with E-state index in [1.165, 1.54) is 58.5 Å². The summed E-state index contributed by atoms with van der Waals surface area (Å²) in [6, 6.07) is 42.3. The number of unbranched alkanes of at least 4 members (excludes halogenated alkanes) is 1.